The van der Waals surface area contributed by atoms with Gasteiger partial charge in [-0.3, -0.25) is 4.68 Å². The molecule has 13 heavy (non-hydrogen) atoms. The molecule has 0 bridgehead atoms. The van der Waals surface area contributed by atoms with Crippen LogP contribution in [0.3, 0.4) is 0 Å². The summed E-state index contributed by atoms with van der Waals surface area (Å²) >= 11 is 3.31. The van der Waals surface area contributed by atoms with Gasteiger partial charge in [0.05, 0.1) is 0 Å². The number of aromatic nitrogens is 2. The van der Waals surface area contributed by atoms with E-state index in [-0.39, 0.29) is 0 Å². The van der Waals surface area contributed by atoms with Crippen molar-refractivity contribution in [1.29, 1.82) is 0 Å². The second kappa shape index (κ2) is 3.40. The Morgan fingerprint density at radius 1 is 1.69 bits per heavy atom. The van der Waals surface area contributed by atoms with Gasteiger partial charge in [0.2, 0.25) is 0 Å². The highest BCUT2D eigenvalue weighted by Gasteiger charge is 2.26. The number of halogens is 2. The molecule has 1 unspecified atom stereocenters. The van der Waals surface area contributed by atoms with Gasteiger partial charge < -0.3 is 0 Å². The van der Waals surface area contributed by atoms with Crippen LogP contribution in [-0.4, -0.2) is 9.78 Å². The van der Waals surface area contributed by atoms with Crippen molar-refractivity contribution in [2.75, 3.05) is 0 Å². The van der Waals surface area contributed by atoms with Crippen LogP contribution in [0.25, 0.3) is 0 Å². The third-order valence-electron chi connectivity index (χ3n) is 2.54. The maximum absolute atomic E-state index is 13.5. The fourth-order valence-electron chi connectivity index (χ4n) is 1.91. The van der Waals surface area contributed by atoms with Crippen LogP contribution in [0.15, 0.2) is 4.60 Å². The van der Waals surface area contributed by atoms with Gasteiger partial charge in [0.15, 0.2) is 0 Å². The van der Waals surface area contributed by atoms with E-state index in [1.54, 1.807) is 0 Å². The third-order valence-corrected chi connectivity index (χ3v) is 3.12. The molecule has 0 aliphatic heterocycles. The molecule has 4 heteroatoms. The quantitative estimate of drug-likeness (QED) is 0.745. The number of nitrogens with zero attached hydrogens (tertiary/aromatic N) is 2. The molecule has 0 spiro atoms. The molecule has 72 valence electrons. The van der Waals surface area contributed by atoms with Crippen molar-refractivity contribution >= 4 is 15.9 Å². The fraction of sp³-hybridized carbons (Fsp3) is 0.667. The minimum Gasteiger partial charge on any atom is -0.268 e. The summed E-state index contributed by atoms with van der Waals surface area (Å²) in [7, 11) is 0. The van der Waals surface area contributed by atoms with Gasteiger partial charge in [-0.2, -0.15) is 5.10 Å². The summed E-state index contributed by atoms with van der Waals surface area (Å²) in [5.41, 5.74) is 1.86. The standard InChI is InChI=1S/C9H12BrFN2/c1-2-13-7-5-3-4-6(11)8(7)9(10)12-13/h6H,2-5H2,1H3. The zero-order chi connectivity index (χ0) is 9.42. The van der Waals surface area contributed by atoms with E-state index in [9.17, 15) is 4.39 Å². The van der Waals surface area contributed by atoms with E-state index in [2.05, 4.69) is 21.0 Å². The number of hydrogen-bond donors (Lipinski definition) is 0. The van der Waals surface area contributed by atoms with Gasteiger partial charge in [0.1, 0.15) is 10.8 Å². The predicted octanol–water partition coefficient (Wildman–Crippen LogP) is 3.01. The van der Waals surface area contributed by atoms with Gasteiger partial charge in [-0.25, -0.2) is 4.39 Å². The van der Waals surface area contributed by atoms with Gasteiger partial charge in [-0.15, -0.1) is 0 Å². The molecule has 2 nitrogen and oxygen atoms in total. The van der Waals surface area contributed by atoms with Crippen LogP contribution in [0.2, 0.25) is 0 Å². The van der Waals surface area contributed by atoms with Crippen LogP contribution in [-0.2, 0) is 13.0 Å². The average Bonchev–Trinajstić information content (AvgIpc) is 2.44. The van der Waals surface area contributed by atoms with Crippen molar-refractivity contribution in [3.05, 3.63) is 15.9 Å². The number of alkyl halides is 1. The number of rotatable bonds is 1. The fourth-order valence-corrected chi connectivity index (χ4v) is 2.58. The smallest absolute Gasteiger partial charge is 0.134 e. The van der Waals surface area contributed by atoms with E-state index in [4.69, 9.17) is 0 Å². The van der Waals surface area contributed by atoms with Gasteiger partial charge in [-0.1, -0.05) is 0 Å². The van der Waals surface area contributed by atoms with Gasteiger partial charge >= 0.3 is 0 Å². The minimum atomic E-state index is -0.821. The summed E-state index contributed by atoms with van der Waals surface area (Å²) < 4.78 is 16.1. The van der Waals surface area contributed by atoms with E-state index in [1.165, 1.54) is 0 Å². The Morgan fingerprint density at radius 2 is 2.46 bits per heavy atom. The third kappa shape index (κ3) is 1.41. The zero-order valence-corrected chi connectivity index (χ0v) is 9.14. The molecule has 1 heterocycles. The summed E-state index contributed by atoms with van der Waals surface area (Å²) in [6, 6.07) is 0. The summed E-state index contributed by atoms with van der Waals surface area (Å²) in [5, 5.41) is 4.25. The van der Waals surface area contributed by atoms with Crippen LogP contribution in [0.5, 0.6) is 0 Å². The summed E-state index contributed by atoms with van der Waals surface area (Å²) in [5.74, 6) is 0. The molecule has 0 fully saturated rings. The molecule has 0 N–H and O–H groups in total. The van der Waals surface area contributed by atoms with Gasteiger partial charge in [-0.05, 0) is 42.1 Å². The Morgan fingerprint density at radius 3 is 3.15 bits per heavy atom. The lowest BCUT2D eigenvalue weighted by molar-refractivity contribution is 0.299. The van der Waals surface area contributed by atoms with Crippen molar-refractivity contribution in [2.24, 2.45) is 0 Å². The molecule has 1 aromatic rings. The number of hydrogen-bond acceptors (Lipinski definition) is 1. The SMILES string of the molecule is CCn1nc(Br)c2c1CCCC2F. The highest BCUT2D eigenvalue weighted by Crippen LogP contribution is 2.37. The highest BCUT2D eigenvalue weighted by atomic mass is 79.9. The van der Waals surface area contributed by atoms with Crippen molar-refractivity contribution < 1.29 is 4.39 Å². The first-order valence-corrected chi connectivity index (χ1v) is 5.42. The second-order valence-corrected chi connectivity index (χ2v) is 4.08. The molecule has 1 atom stereocenters. The molecular formula is C9H12BrFN2. The molecule has 0 amide bonds. The minimum absolute atomic E-state index is 0.640. The lowest BCUT2D eigenvalue weighted by atomic mass is 9.96. The van der Waals surface area contributed by atoms with E-state index < -0.39 is 6.17 Å². The van der Waals surface area contributed by atoms with Crippen LogP contribution >= 0.6 is 15.9 Å². The van der Waals surface area contributed by atoms with Crippen molar-refractivity contribution in [2.45, 2.75) is 38.9 Å². The Labute approximate surface area is 85.3 Å². The lowest BCUT2D eigenvalue weighted by Gasteiger charge is -2.16. The van der Waals surface area contributed by atoms with Crippen LogP contribution in [0, 0.1) is 0 Å². The summed E-state index contributed by atoms with van der Waals surface area (Å²) in [6.07, 6.45) is 1.72. The zero-order valence-electron chi connectivity index (χ0n) is 7.56. The van der Waals surface area contributed by atoms with E-state index in [1.807, 2.05) is 11.6 Å². The summed E-state index contributed by atoms with van der Waals surface area (Å²) in [4.78, 5) is 0. The first-order chi connectivity index (χ1) is 6.24. The first kappa shape index (κ1) is 9.19. The molecule has 0 saturated heterocycles. The van der Waals surface area contributed by atoms with Crippen molar-refractivity contribution in [1.82, 2.24) is 9.78 Å². The molecule has 1 aliphatic carbocycles. The molecule has 0 radical (unpaired) electrons. The Hall–Kier alpha value is -0.380. The van der Waals surface area contributed by atoms with Gasteiger partial charge in [0.25, 0.3) is 0 Å². The average molecular weight is 247 g/mol. The highest BCUT2D eigenvalue weighted by molar-refractivity contribution is 9.10. The number of fused-ring (bicyclic) bond motifs is 1. The van der Waals surface area contributed by atoms with Crippen molar-refractivity contribution in [3.63, 3.8) is 0 Å². The second-order valence-electron chi connectivity index (χ2n) is 3.33. The van der Waals surface area contributed by atoms with Crippen LogP contribution < -0.4 is 0 Å². The summed E-state index contributed by atoms with van der Waals surface area (Å²) in [6.45, 7) is 2.85. The van der Waals surface area contributed by atoms with Crippen LogP contribution in [0.4, 0.5) is 4.39 Å². The molecule has 1 aromatic heterocycles. The Balaban J connectivity index is 2.51. The maximum atomic E-state index is 13.5. The maximum Gasteiger partial charge on any atom is 0.134 e. The molecule has 2 rings (SSSR count). The monoisotopic (exact) mass is 246 g/mol. The normalized spacial score (nSPS) is 21.6. The number of aryl methyl sites for hydroxylation is 1. The topological polar surface area (TPSA) is 17.8 Å². The molecule has 1 aliphatic rings. The molecule has 0 aromatic carbocycles. The Kier molecular flexibility index (Phi) is 2.41. The Bertz CT molecular complexity index is 322. The van der Waals surface area contributed by atoms with Crippen LogP contribution in [0.1, 0.15) is 37.2 Å². The van der Waals surface area contributed by atoms with Gasteiger partial charge in [0, 0.05) is 17.8 Å². The lowest BCUT2D eigenvalue weighted by Crippen LogP contribution is -2.09. The molecule has 0 saturated carbocycles. The van der Waals surface area contributed by atoms with E-state index >= 15 is 0 Å². The van der Waals surface area contributed by atoms with E-state index in [0.29, 0.717) is 11.0 Å². The van der Waals surface area contributed by atoms with E-state index in [0.717, 1.165) is 30.6 Å². The first-order valence-electron chi connectivity index (χ1n) is 4.63. The largest absolute Gasteiger partial charge is 0.268 e. The molecular weight excluding hydrogens is 235 g/mol. The van der Waals surface area contributed by atoms with Crippen molar-refractivity contribution in [3.8, 4) is 0 Å². The predicted molar refractivity (Wildman–Crippen MR) is 52.4 cm³/mol.